The molecular formula is C51H33N3Se. The molecule has 0 radical (unpaired) electrons. The van der Waals surface area contributed by atoms with Crippen molar-refractivity contribution in [1.82, 2.24) is 15.4 Å². The zero-order chi connectivity index (χ0) is 36.6. The molecule has 0 bridgehead atoms. The summed E-state index contributed by atoms with van der Waals surface area (Å²) in [5.41, 5.74) is 15.0. The van der Waals surface area contributed by atoms with Crippen molar-refractivity contribution >= 4 is 33.8 Å². The predicted octanol–water partition coefficient (Wildman–Crippen LogP) is 12.9. The van der Waals surface area contributed by atoms with E-state index in [0.29, 0.717) is 0 Å². The van der Waals surface area contributed by atoms with Gasteiger partial charge >= 0.3 is 328 Å². The minimum absolute atomic E-state index is 0.142. The van der Waals surface area contributed by atoms with Crippen molar-refractivity contribution in [2.75, 3.05) is 0 Å². The number of nitrogens with zero attached hydrogens (tertiary/aromatic N) is 3. The molecule has 8 aromatic carbocycles. The summed E-state index contributed by atoms with van der Waals surface area (Å²) in [4.78, 5) is 0. The van der Waals surface area contributed by atoms with Crippen LogP contribution >= 0.6 is 0 Å². The van der Waals surface area contributed by atoms with Gasteiger partial charge in [-0.2, -0.15) is 0 Å². The van der Waals surface area contributed by atoms with E-state index in [4.69, 9.17) is 10.2 Å². The Bertz CT molecular complexity index is 2970. The van der Waals surface area contributed by atoms with Crippen molar-refractivity contribution in [2.45, 2.75) is 0 Å². The molecule has 10 rings (SSSR count). The first-order chi connectivity index (χ1) is 27.3. The van der Waals surface area contributed by atoms with Crippen LogP contribution in [0.2, 0.25) is 0 Å². The van der Waals surface area contributed by atoms with E-state index >= 15 is 0 Å². The first kappa shape index (κ1) is 32.9. The molecule has 4 heteroatoms. The topological polar surface area (TPSA) is 38.7 Å². The Morgan fingerprint density at radius 1 is 0.291 bits per heavy atom. The fraction of sp³-hybridized carbons (Fsp3) is 0. The fourth-order valence-electron chi connectivity index (χ4n) is 7.95. The molecule has 3 nitrogen and oxygen atoms in total. The van der Waals surface area contributed by atoms with Gasteiger partial charge in [0.25, 0.3) is 0 Å². The number of aromatic nitrogens is 3. The summed E-state index contributed by atoms with van der Waals surface area (Å²) in [6, 6.07) is 71.4. The van der Waals surface area contributed by atoms with Crippen LogP contribution < -0.4 is 0 Å². The summed E-state index contributed by atoms with van der Waals surface area (Å²) in [6.45, 7) is 0. The van der Waals surface area contributed by atoms with E-state index in [1.165, 1.54) is 36.0 Å². The number of fused-ring (bicyclic) bond motifs is 3. The van der Waals surface area contributed by atoms with Crippen molar-refractivity contribution in [2.24, 2.45) is 0 Å². The molecule has 0 aliphatic carbocycles. The Hall–Kier alpha value is -6.71. The number of hydrogen-bond donors (Lipinski definition) is 0. The molecule has 0 atom stereocenters. The summed E-state index contributed by atoms with van der Waals surface area (Å²) < 4.78 is 2.72. The van der Waals surface area contributed by atoms with Crippen molar-refractivity contribution < 1.29 is 0 Å². The molecule has 0 spiro atoms. The van der Waals surface area contributed by atoms with Gasteiger partial charge < -0.3 is 0 Å². The summed E-state index contributed by atoms with van der Waals surface area (Å²) in [5.74, 6) is 0. The molecule has 0 unspecified atom stereocenters. The third-order valence-corrected chi connectivity index (χ3v) is 12.8. The summed E-state index contributed by atoms with van der Waals surface area (Å²) in [7, 11) is 0. The third-order valence-electron chi connectivity index (χ3n) is 10.4. The van der Waals surface area contributed by atoms with E-state index < -0.39 is 0 Å². The van der Waals surface area contributed by atoms with Crippen LogP contribution in [0.15, 0.2) is 200 Å². The predicted molar refractivity (Wildman–Crippen MR) is 230 cm³/mol. The van der Waals surface area contributed by atoms with E-state index in [1.54, 1.807) is 0 Å². The summed E-state index contributed by atoms with van der Waals surface area (Å²) >= 11 is 0.142. The van der Waals surface area contributed by atoms with Crippen LogP contribution in [0.5, 0.6) is 0 Å². The Balaban J connectivity index is 1.34. The molecule has 0 N–H and O–H groups in total. The third kappa shape index (κ3) is 5.89. The average Bonchev–Trinajstić information content (AvgIpc) is 3.66. The van der Waals surface area contributed by atoms with Crippen molar-refractivity contribution in [1.29, 1.82) is 0 Å². The monoisotopic (exact) mass is 767 g/mol. The van der Waals surface area contributed by atoms with Gasteiger partial charge in [0.05, 0.1) is 0 Å². The molecule has 0 aliphatic heterocycles. The molecule has 0 aliphatic rings. The molecule has 2 heterocycles. The van der Waals surface area contributed by atoms with Gasteiger partial charge in [-0.3, -0.25) is 0 Å². The molecule has 55 heavy (non-hydrogen) atoms. The van der Waals surface area contributed by atoms with Gasteiger partial charge in [-0.15, -0.1) is 0 Å². The minimum atomic E-state index is 0.142. The van der Waals surface area contributed by atoms with Gasteiger partial charge in [0.1, 0.15) is 0 Å². The van der Waals surface area contributed by atoms with E-state index in [-0.39, 0.29) is 14.5 Å². The molecule has 258 valence electrons. The standard InChI is InChI=1S/C51H33N3Se/c1-4-18-34(19-5-1)37-24-10-12-26-39(37)40-27-13-14-28-41(40)43-32-33-46-47(44-30-16-17-31-45(44)55-46)48(43)51-49(50(52-54-53-51)36-22-8-3-9-23-36)42-29-15-11-25-38(42)35-20-6-2-7-21-35/h1-33H. The first-order valence-electron chi connectivity index (χ1n) is 18.5. The maximum atomic E-state index is 5.10. The fourth-order valence-corrected chi connectivity index (χ4v) is 10.3. The van der Waals surface area contributed by atoms with Crippen molar-refractivity contribution in [3.63, 3.8) is 0 Å². The van der Waals surface area contributed by atoms with Crippen LogP contribution in [-0.4, -0.2) is 29.9 Å². The van der Waals surface area contributed by atoms with Crippen LogP contribution in [0.4, 0.5) is 0 Å². The SMILES string of the molecule is c1ccc(-c2ccccc2-c2ccccc2-c2ccc3[se]c4ccccc4c3c2-c2nnnc(-c3ccccc3)c2-c2ccccc2-c2ccccc2)cc1. The molecule has 2 aromatic heterocycles. The molecule has 0 fully saturated rings. The van der Waals surface area contributed by atoms with Crippen LogP contribution in [0.3, 0.4) is 0 Å². The summed E-state index contributed by atoms with van der Waals surface area (Å²) in [5, 5.41) is 17.0. The molecule has 0 saturated carbocycles. The van der Waals surface area contributed by atoms with Crippen LogP contribution in [0.25, 0.3) is 97.4 Å². The van der Waals surface area contributed by atoms with Gasteiger partial charge in [-0.05, 0) is 0 Å². The van der Waals surface area contributed by atoms with E-state index in [2.05, 4.69) is 199 Å². The Morgan fingerprint density at radius 3 is 1.38 bits per heavy atom. The Labute approximate surface area is 326 Å². The van der Waals surface area contributed by atoms with Gasteiger partial charge in [0, 0.05) is 0 Å². The second-order valence-corrected chi connectivity index (χ2v) is 15.8. The van der Waals surface area contributed by atoms with Gasteiger partial charge in [-0.25, -0.2) is 0 Å². The van der Waals surface area contributed by atoms with Gasteiger partial charge in [0.2, 0.25) is 0 Å². The first-order valence-corrected chi connectivity index (χ1v) is 20.2. The normalized spacial score (nSPS) is 11.3. The van der Waals surface area contributed by atoms with E-state index in [0.717, 1.165) is 61.5 Å². The molecule has 0 saturated heterocycles. The van der Waals surface area contributed by atoms with Gasteiger partial charge in [0.15, 0.2) is 0 Å². The quantitative estimate of drug-likeness (QED) is 0.152. The zero-order valence-corrected chi connectivity index (χ0v) is 31.5. The number of hydrogen-bond acceptors (Lipinski definition) is 3. The summed E-state index contributed by atoms with van der Waals surface area (Å²) in [6.07, 6.45) is 0. The second-order valence-electron chi connectivity index (χ2n) is 13.6. The van der Waals surface area contributed by atoms with Gasteiger partial charge in [-0.1, -0.05) is 0 Å². The Kier molecular flexibility index (Phi) is 8.53. The second kappa shape index (κ2) is 14.3. The number of rotatable bonds is 7. The van der Waals surface area contributed by atoms with E-state index in [1.807, 2.05) is 6.07 Å². The van der Waals surface area contributed by atoms with Crippen LogP contribution in [0, 0.1) is 0 Å². The molecule has 0 amide bonds. The van der Waals surface area contributed by atoms with Crippen molar-refractivity contribution in [3.05, 3.63) is 200 Å². The maximum absolute atomic E-state index is 5.10. The Morgan fingerprint density at radius 2 is 0.745 bits per heavy atom. The molecule has 10 aromatic rings. The molecular weight excluding hydrogens is 734 g/mol. The van der Waals surface area contributed by atoms with E-state index in [9.17, 15) is 0 Å². The van der Waals surface area contributed by atoms with Crippen LogP contribution in [0.1, 0.15) is 0 Å². The number of benzene rings is 8. The van der Waals surface area contributed by atoms with Crippen LogP contribution in [-0.2, 0) is 0 Å². The zero-order valence-electron chi connectivity index (χ0n) is 29.8. The average molecular weight is 767 g/mol. The van der Waals surface area contributed by atoms with Crippen molar-refractivity contribution in [3.8, 4) is 78.1 Å².